The third kappa shape index (κ3) is 5.05. The molecule has 0 aliphatic carbocycles. The van der Waals surface area contributed by atoms with Crippen LogP contribution in [0.4, 0.5) is 0 Å². The molecule has 0 fully saturated rings. The van der Waals surface area contributed by atoms with Gasteiger partial charge >= 0.3 is 0 Å². The summed E-state index contributed by atoms with van der Waals surface area (Å²) in [7, 11) is 0. The van der Waals surface area contributed by atoms with Gasteiger partial charge in [-0.15, -0.1) is 23.1 Å². The molecule has 0 radical (unpaired) electrons. The monoisotopic (exact) mass is 279 g/mol. The first-order valence-electron chi connectivity index (χ1n) is 4.14. The largest absolute Gasteiger partial charge is 0.326 e. The molecule has 4 heteroatoms. The Morgan fingerprint density at radius 2 is 2.23 bits per heavy atom. The van der Waals surface area contributed by atoms with E-state index in [0.29, 0.717) is 0 Å². The average molecular weight is 280 g/mol. The topological polar surface area (TPSA) is 26.0 Å². The minimum absolute atomic E-state index is 0.0402. The Morgan fingerprint density at radius 3 is 2.69 bits per heavy atom. The van der Waals surface area contributed by atoms with Crippen LogP contribution in [0.5, 0.6) is 0 Å². The molecule has 0 aromatic carbocycles. The van der Waals surface area contributed by atoms with Crippen molar-refractivity contribution in [1.29, 1.82) is 0 Å². The van der Waals surface area contributed by atoms with Crippen LogP contribution in [0, 0.1) is 0 Å². The molecule has 1 rings (SSSR count). The van der Waals surface area contributed by atoms with Gasteiger partial charge in [-0.1, -0.05) is 0 Å². The zero-order valence-electron chi connectivity index (χ0n) is 7.84. The van der Waals surface area contributed by atoms with E-state index in [4.69, 9.17) is 5.73 Å². The summed E-state index contributed by atoms with van der Waals surface area (Å²) < 4.78 is 2.55. The molecule has 0 aliphatic rings. The third-order valence-corrected chi connectivity index (χ3v) is 4.39. The van der Waals surface area contributed by atoms with Crippen LogP contribution in [0.25, 0.3) is 0 Å². The fourth-order valence-corrected chi connectivity index (χ4v) is 3.98. The zero-order valence-corrected chi connectivity index (χ0v) is 11.1. The first-order valence-corrected chi connectivity index (χ1v) is 6.74. The van der Waals surface area contributed by atoms with Gasteiger partial charge in [-0.2, -0.15) is 0 Å². The number of thioether (sulfide) groups is 1. The maximum atomic E-state index is 5.89. The number of hydrogen-bond acceptors (Lipinski definition) is 3. The van der Waals surface area contributed by atoms with Gasteiger partial charge in [-0.3, -0.25) is 0 Å². The lowest BCUT2D eigenvalue weighted by molar-refractivity contribution is 0.506. The van der Waals surface area contributed by atoms with E-state index < -0.39 is 0 Å². The predicted molar refractivity (Wildman–Crippen MR) is 65.6 cm³/mol. The molecule has 1 aromatic heterocycles. The van der Waals surface area contributed by atoms with E-state index in [1.165, 1.54) is 8.00 Å². The first kappa shape index (κ1) is 11.6. The van der Waals surface area contributed by atoms with Crippen molar-refractivity contribution < 1.29 is 0 Å². The molecule has 0 amide bonds. The van der Waals surface area contributed by atoms with Crippen molar-refractivity contribution in [1.82, 2.24) is 0 Å². The second-order valence-corrected chi connectivity index (χ2v) is 7.50. The highest BCUT2D eigenvalue weighted by atomic mass is 79.9. The molecule has 0 unspecified atom stereocenters. The van der Waals surface area contributed by atoms with Gasteiger partial charge in [0.1, 0.15) is 0 Å². The van der Waals surface area contributed by atoms with Crippen LogP contribution in [0.3, 0.4) is 0 Å². The van der Waals surface area contributed by atoms with Crippen molar-refractivity contribution in [2.75, 3.05) is 5.75 Å². The molecule has 0 aliphatic heterocycles. The molecule has 13 heavy (non-hydrogen) atoms. The average Bonchev–Trinajstić information content (AvgIpc) is 2.33. The SMILES string of the molecule is CC(C)(N)CCSc1ccc(Br)s1. The van der Waals surface area contributed by atoms with Gasteiger partial charge in [0.2, 0.25) is 0 Å². The van der Waals surface area contributed by atoms with E-state index in [0.717, 1.165) is 12.2 Å². The van der Waals surface area contributed by atoms with E-state index in [9.17, 15) is 0 Å². The number of nitrogens with two attached hydrogens (primary N) is 1. The summed E-state index contributed by atoms with van der Waals surface area (Å²) >= 11 is 7.10. The van der Waals surface area contributed by atoms with Gasteiger partial charge in [-0.25, -0.2) is 0 Å². The van der Waals surface area contributed by atoms with Gasteiger partial charge in [0.25, 0.3) is 0 Å². The maximum Gasteiger partial charge on any atom is 0.0710 e. The second-order valence-electron chi connectivity index (χ2n) is 3.65. The summed E-state index contributed by atoms with van der Waals surface area (Å²) in [4.78, 5) is 0. The van der Waals surface area contributed by atoms with Crippen LogP contribution >= 0.6 is 39.0 Å². The van der Waals surface area contributed by atoms with Gasteiger partial charge in [0.05, 0.1) is 8.00 Å². The summed E-state index contributed by atoms with van der Waals surface area (Å²) in [5, 5.41) is 0. The van der Waals surface area contributed by atoms with E-state index in [2.05, 4.69) is 41.9 Å². The molecule has 0 atom stereocenters. The Balaban J connectivity index is 2.28. The maximum absolute atomic E-state index is 5.89. The van der Waals surface area contributed by atoms with Crippen molar-refractivity contribution in [2.24, 2.45) is 5.73 Å². The highest BCUT2D eigenvalue weighted by molar-refractivity contribution is 9.11. The summed E-state index contributed by atoms with van der Waals surface area (Å²) in [6.45, 7) is 4.13. The second kappa shape index (κ2) is 4.82. The van der Waals surface area contributed by atoms with E-state index >= 15 is 0 Å². The smallest absolute Gasteiger partial charge is 0.0710 e. The van der Waals surface area contributed by atoms with E-state index in [1.54, 1.807) is 11.3 Å². The van der Waals surface area contributed by atoms with Crippen LogP contribution in [-0.4, -0.2) is 11.3 Å². The predicted octanol–water partition coefficient (Wildman–Crippen LogP) is 3.73. The fraction of sp³-hybridized carbons (Fsp3) is 0.556. The minimum atomic E-state index is -0.0402. The Bertz CT molecular complexity index is 265. The first-order chi connectivity index (χ1) is 5.97. The molecule has 1 aromatic rings. The van der Waals surface area contributed by atoms with Crippen LogP contribution in [0.1, 0.15) is 20.3 Å². The third-order valence-electron chi connectivity index (χ3n) is 1.54. The molecule has 0 bridgehead atoms. The molecule has 1 nitrogen and oxygen atoms in total. The van der Waals surface area contributed by atoms with Crippen LogP contribution < -0.4 is 5.73 Å². The molecule has 0 saturated carbocycles. The molecular formula is C9H14BrNS2. The minimum Gasteiger partial charge on any atom is -0.326 e. The summed E-state index contributed by atoms with van der Waals surface area (Å²) in [5.74, 6) is 1.09. The van der Waals surface area contributed by atoms with Crippen LogP contribution in [0.2, 0.25) is 0 Å². The molecule has 0 spiro atoms. The molecular weight excluding hydrogens is 266 g/mol. The number of hydrogen-bond donors (Lipinski definition) is 1. The van der Waals surface area contributed by atoms with Gasteiger partial charge < -0.3 is 5.73 Å². The molecule has 1 heterocycles. The van der Waals surface area contributed by atoms with Crippen molar-refractivity contribution in [3.63, 3.8) is 0 Å². The Kier molecular flexibility index (Phi) is 4.29. The number of thiophene rings is 1. The van der Waals surface area contributed by atoms with Crippen LogP contribution in [-0.2, 0) is 0 Å². The zero-order chi connectivity index (χ0) is 9.90. The standard InChI is InChI=1S/C9H14BrNS2/c1-9(2,11)5-6-12-8-4-3-7(10)13-8/h3-4H,5-6,11H2,1-2H3. The quantitative estimate of drug-likeness (QED) is 0.850. The molecule has 2 N–H and O–H groups in total. The van der Waals surface area contributed by atoms with Crippen LogP contribution in [0.15, 0.2) is 20.1 Å². The van der Waals surface area contributed by atoms with Gasteiger partial charge in [-0.05, 0) is 48.3 Å². The van der Waals surface area contributed by atoms with Crippen molar-refractivity contribution in [2.45, 2.75) is 30.0 Å². The molecule has 0 saturated heterocycles. The lowest BCUT2D eigenvalue weighted by Crippen LogP contribution is -2.32. The number of halogens is 1. The van der Waals surface area contributed by atoms with Crippen molar-refractivity contribution >= 4 is 39.0 Å². The van der Waals surface area contributed by atoms with E-state index in [1.807, 2.05) is 11.8 Å². The van der Waals surface area contributed by atoms with Gasteiger partial charge in [0.15, 0.2) is 0 Å². The van der Waals surface area contributed by atoms with Crippen molar-refractivity contribution in [3.05, 3.63) is 15.9 Å². The number of rotatable bonds is 4. The van der Waals surface area contributed by atoms with E-state index in [-0.39, 0.29) is 5.54 Å². The van der Waals surface area contributed by atoms with Gasteiger partial charge in [0, 0.05) is 11.3 Å². The Morgan fingerprint density at radius 1 is 1.54 bits per heavy atom. The Labute approximate surface area is 96.2 Å². The van der Waals surface area contributed by atoms with Crippen molar-refractivity contribution in [3.8, 4) is 0 Å². The normalized spacial score (nSPS) is 12.0. The summed E-state index contributed by atoms with van der Waals surface area (Å²) in [5.41, 5.74) is 5.85. The summed E-state index contributed by atoms with van der Waals surface area (Å²) in [6, 6.07) is 4.23. The fourth-order valence-electron chi connectivity index (χ4n) is 0.790. The molecule has 74 valence electrons. The highest BCUT2D eigenvalue weighted by Crippen LogP contribution is 2.31. The Hall–Kier alpha value is 0.490. The lowest BCUT2D eigenvalue weighted by Gasteiger charge is -2.17. The summed E-state index contributed by atoms with van der Waals surface area (Å²) in [6.07, 6.45) is 1.05. The lowest BCUT2D eigenvalue weighted by atomic mass is 10.0. The highest BCUT2D eigenvalue weighted by Gasteiger charge is 2.10.